The third kappa shape index (κ3) is 6.92. The summed E-state index contributed by atoms with van der Waals surface area (Å²) in [6, 6.07) is 17.4. The van der Waals surface area contributed by atoms with Crippen LogP contribution in [-0.2, 0) is 17.9 Å². The molecule has 3 aromatic rings. The molecular weight excluding hydrogens is 542 g/mol. The summed E-state index contributed by atoms with van der Waals surface area (Å²) in [7, 11) is 1.63. The minimum absolute atomic E-state index is 0.00206. The van der Waals surface area contributed by atoms with Gasteiger partial charge in [0.2, 0.25) is 5.91 Å². The lowest BCUT2D eigenvalue weighted by Gasteiger charge is -2.29. The van der Waals surface area contributed by atoms with Crippen LogP contribution in [0.4, 0.5) is 5.69 Å². The molecule has 5 rings (SSSR count). The molecule has 0 spiro atoms. The minimum atomic E-state index is -0.558. The number of benzene rings is 2. The second-order valence-corrected chi connectivity index (χ2v) is 11.4. The second-order valence-electron chi connectivity index (χ2n) is 10.4. The van der Waals surface area contributed by atoms with Gasteiger partial charge < -0.3 is 19.9 Å². The molecule has 3 heterocycles. The monoisotopic (exact) mass is 577 g/mol. The fourth-order valence-corrected chi connectivity index (χ4v) is 6.31. The number of hydrogen-bond acceptors (Lipinski definition) is 8. The minimum Gasteiger partial charge on any atom is -0.497 e. The van der Waals surface area contributed by atoms with E-state index < -0.39 is 11.0 Å². The van der Waals surface area contributed by atoms with Crippen molar-refractivity contribution in [2.24, 2.45) is 0 Å². The zero-order valence-electron chi connectivity index (χ0n) is 23.1. The maximum absolute atomic E-state index is 13.9. The average Bonchev–Trinajstić information content (AvgIpc) is 3.61. The number of non-ortho nitro benzene ring substituents is 1. The molecule has 2 fully saturated rings. The smallest absolute Gasteiger partial charge is 0.269 e. The van der Waals surface area contributed by atoms with Gasteiger partial charge in [-0.15, -0.1) is 11.3 Å². The van der Waals surface area contributed by atoms with Gasteiger partial charge >= 0.3 is 0 Å². The predicted octanol–water partition coefficient (Wildman–Crippen LogP) is 3.77. The first-order valence-corrected chi connectivity index (χ1v) is 14.7. The van der Waals surface area contributed by atoms with Crippen molar-refractivity contribution in [3.63, 3.8) is 0 Å². The highest BCUT2D eigenvalue weighted by molar-refractivity contribution is 7.12. The van der Waals surface area contributed by atoms with E-state index in [0.717, 1.165) is 36.4 Å². The van der Waals surface area contributed by atoms with E-state index in [4.69, 9.17) is 4.74 Å². The Hall–Kier alpha value is -3.80. The molecule has 10 nitrogen and oxygen atoms in total. The van der Waals surface area contributed by atoms with E-state index in [-0.39, 0.29) is 23.5 Å². The highest BCUT2D eigenvalue weighted by atomic mass is 32.1. The summed E-state index contributed by atoms with van der Waals surface area (Å²) in [5.74, 6) is 0.629. The number of hydrogen-bond donors (Lipinski definition) is 1. The highest BCUT2D eigenvalue weighted by Crippen LogP contribution is 2.30. The van der Waals surface area contributed by atoms with Crippen LogP contribution in [0.25, 0.3) is 0 Å². The number of nitrogens with zero attached hydrogens (tertiary/aromatic N) is 4. The highest BCUT2D eigenvalue weighted by Gasteiger charge is 2.43. The van der Waals surface area contributed by atoms with Gasteiger partial charge in [-0.25, -0.2) is 0 Å². The number of amides is 2. The van der Waals surface area contributed by atoms with E-state index in [0.29, 0.717) is 44.0 Å². The molecule has 216 valence electrons. The molecule has 2 saturated heterocycles. The van der Waals surface area contributed by atoms with Gasteiger partial charge in [0.25, 0.3) is 11.6 Å². The molecule has 2 atom stereocenters. The molecule has 2 aliphatic rings. The van der Waals surface area contributed by atoms with Crippen LogP contribution in [0.1, 0.15) is 33.6 Å². The molecular formula is C30H35N5O5S. The van der Waals surface area contributed by atoms with Gasteiger partial charge in [0.1, 0.15) is 11.8 Å². The molecule has 0 radical (unpaired) electrons. The number of ether oxygens (including phenoxy) is 1. The fraction of sp³-hybridized carbons (Fsp3) is 0.400. The Labute approximate surface area is 243 Å². The van der Waals surface area contributed by atoms with E-state index in [1.54, 1.807) is 24.1 Å². The van der Waals surface area contributed by atoms with Gasteiger partial charge in [0.05, 0.1) is 16.9 Å². The van der Waals surface area contributed by atoms with Crippen LogP contribution < -0.4 is 10.1 Å². The van der Waals surface area contributed by atoms with Crippen molar-refractivity contribution in [2.45, 2.75) is 38.0 Å². The molecule has 2 unspecified atom stereocenters. The van der Waals surface area contributed by atoms with Crippen LogP contribution in [0, 0.1) is 10.1 Å². The third-order valence-corrected chi connectivity index (χ3v) is 8.64. The lowest BCUT2D eigenvalue weighted by atomic mass is 10.1. The Morgan fingerprint density at radius 3 is 2.61 bits per heavy atom. The van der Waals surface area contributed by atoms with Crippen molar-refractivity contribution < 1.29 is 19.2 Å². The Balaban J connectivity index is 1.44. The molecule has 1 N–H and O–H groups in total. The van der Waals surface area contributed by atoms with E-state index in [2.05, 4.69) is 10.2 Å². The number of methoxy groups -OCH3 is 1. The number of nitro groups is 1. The summed E-state index contributed by atoms with van der Waals surface area (Å²) < 4.78 is 5.44. The zero-order chi connectivity index (χ0) is 28.8. The van der Waals surface area contributed by atoms with E-state index in [1.807, 2.05) is 46.7 Å². The van der Waals surface area contributed by atoms with Gasteiger partial charge in [-0.05, 0) is 54.1 Å². The average molecular weight is 578 g/mol. The summed E-state index contributed by atoms with van der Waals surface area (Å²) >= 11 is 1.38. The molecule has 0 saturated carbocycles. The van der Waals surface area contributed by atoms with Gasteiger partial charge in [-0.1, -0.05) is 30.3 Å². The van der Waals surface area contributed by atoms with Crippen molar-refractivity contribution in [1.29, 1.82) is 0 Å². The van der Waals surface area contributed by atoms with Crippen LogP contribution >= 0.6 is 11.3 Å². The first-order valence-electron chi connectivity index (χ1n) is 13.9. The molecule has 2 amide bonds. The Morgan fingerprint density at radius 2 is 1.88 bits per heavy atom. The largest absolute Gasteiger partial charge is 0.497 e. The lowest BCUT2D eigenvalue weighted by molar-refractivity contribution is -0.384. The summed E-state index contributed by atoms with van der Waals surface area (Å²) in [5, 5.41) is 16.4. The van der Waals surface area contributed by atoms with Gasteiger partial charge in [-0.2, -0.15) is 0 Å². The van der Waals surface area contributed by atoms with Crippen LogP contribution in [0.2, 0.25) is 0 Å². The van der Waals surface area contributed by atoms with E-state index in [1.165, 1.54) is 23.5 Å². The van der Waals surface area contributed by atoms with Crippen LogP contribution in [-0.4, -0.2) is 83.4 Å². The fourth-order valence-electron chi connectivity index (χ4n) is 5.63. The molecule has 11 heteroatoms. The normalized spacial score (nSPS) is 19.3. The van der Waals surface area contributed by atoms with Crippen molar-refractivity contribution in [3.8, 4) is 5.75 Å². The number of nitrogens with one attached hydrogen (secondary N) is 1. The zero-order valence-corrected chi connectivity index (χ0v) is 23.9. The topological polar surface area (TPSA) is 108 Å². The summed E-state index contributed by atoms with van der Waals surface area (Å²) in [6.45, 7) is 4.39. The number of carbonyl (C=O) groups excluding carboxylic acids is 2. The number of thiophene rings is 1. The molecule has 41 heavy (non-hydrogen) atoms. The van der Waals surface area contributed by atoms with Crippen LogP contribution in [0.3, 0.4) is 0 Å². The molecule has 1 aromatic heterocycles. The van der Waals surface area contributed by atoms with Crippen LogP contribution in [0.5, 0.6) is 5.75 Å². The Morgan fingerprint density at radius 1 is 1.07 bits per heavy atom. The quantitative estimate of drug-likeness (QED) is 0.305. The van der Waals surface area contributed by atoms with Crippen molar-refractivity contribution >= 4 is 28.8 Å². The summed E-state index contributed by atoms with van der Waals surface area (Å²) in [5.41, 5.74) is 2.00. The summed E-state index contributed by atoms with van der Waals surface area (Å²) in [6.07, 6.45) is 1.39. The van der Waals surface area contributed by atoms with Crippen molar-refractivity contribution in [2.75, 3.05) is 39.8 Å². The van der Waals surface area contributed by atoms with Crippen molar-refractivity contribution in [3.05, 3.63) is 92.2 Å². The molecule has 0 bridgehead atoms. The number of likely N-dealkylation sites (tertiary alicyclic amines) is 1. The second kappa shape index (κ2) is 13.2. The Kier molecular flexibility index (Phi) is 9.28. The number of carbonyl (C=O) groups is 2. The standard InChI is InChI=1S/C30H35N5O5S/c1-40-26-6-2-5-23(17-26)20-33(19-22-8-10-24(11-9-22)35(38)39)25-18-27(29(36)32-14-4-12-31-13-15-32)34(21-25)30(37)28-7-3-16-41-28/h2-3,5-11,16-17,25,27,31H,4,12-15,18-21H2,1H3. The first-order chi connectivity index (χ1) is 19.9. The lowest BCUT2D eigenvalue weighted by Crippen LogP contribution is -2.48. The van der Waals surface area contributed by atoms with Crippen molar-refractivity contribution in [1.82, 2.24) is 20.0 Å². The summed E-state index contributed by atoms with van der Waals surface area (Å²) in [4.78, 5) is 44.9. The third-order valence-electron chi connectivity index (χ3n) is 7.78. The number of nitro benzene ring substituents is 1. The van der Waals surface area contributed by atoms with E-state index >= 15 is 0 Å². The van der Waals surface area contributed by atoms with Gasteiger partial charge in [0, 0.05) is 57.4 Å². The SMILES string of the molecule is COc1cccc(CN(Cc2ccc([N+](=O)[O-])cc2)C2CC(C(=O)N3CCCNCC3)N(C(=O)c3cccs3)C2)c1. The maximum atomic E-state index is 13.9. The van der Waals surface area contributed by atoms with Crippen LogP contribution in [0.15, 0.2) is 66.0 Å². The van der Waals surface area contributed by atoms with Gasteiger partial charge in [-0.3, -0.25) is 24.6 Å². The van der Waals surface area contributed by atoms with Gasteiger partial charge in [0.15, 0.2) is 0 Å². The molecule has 2 aliphatic heterocycles. The maximum Gasteiger partial charge on any atom is 0.269 e. The number of rotatable bonds is 9. The Bertz CT molecular complexity index is 1340. The molecule has 0 aliphatic carbocycles. The van der Waals surface area contributed by atoms with E-state index in [9.17, 15) is 19.7 Å². The predicted molar refractivity (Wildman–Crippen MR) is 157 cm³/mol. The first kappa shape index (κ1) is 28.7. The molecule has 2 aromatic carbocycles.